The van der Waals surface area contributed by atoms with Crippen molar-refractivity contribution < 1.29 is 8.78 Å². The lowest BCUT2D eigenvalue weighted by Crippen LogP contribution is -2.58. The fourth-order valence-electron chi connectivity index (χ4n) is 7.50. The maximum atomic E-state index is 15.1. The highest BCUT2D eigenvalue weighted by Crippen LogP contribution is 2.53. The monoisotopic (exact) mass is 488 g/mol. The van der Waals surface area contributed by atoms with Gasteiger partial charge in [0.05, 0.1) is 36.3 Å². The number of hydrogen-bond acceptors (Lipinski definition) is 6. The summed E-state index contributed by atoms with van der Waals surface area (Å²) in [5.41, 5.74) is 8.18. The summed E-state index contributed by atoms with van der Waals surface area (Å²) in [4.78, 5) is 12.2. The van der Waals surface area contributed by atoms with E-state index in [2.05, 4.69) is 51.7 Å². The number of fused-ring (bicyclic) bond motifs is 3. The first kappa shape index (κ1) is 24.0. The lowest BCUT2D eigenvalue weighted by atomic mass is 9.62. The lowest BCUT2D eigenvalue weighted by molar-refractivity contribution is -0.0516. The molecule has 0 radical (unpaired) electrons. The van der Waals surface area contributed by atoms with E-state index in [1.54, 1.807) is 0 Å². The van der Waals surface area contributed by atoms with E-state index in [1.807, 2.05) is 6.20 Å². The third-order valence-electron chi connectivity index (χ3n) is 9.83. The number of hydrazine groups is 1. The summed E-state index contributed by atoms with van der Waals surface area (Å²) >= 11 is 0. The highest BCUT2D eigenvalue weighted by Gasteiger charge is 2.54. The highest BCUT2D eigenvalue weighted by atomic mass is 19.1. The normalized spacial score (nSPS) is 36.9. The molecule has 1 aromatic rings. The van der Waals surface area contributed by atoms with Crippen molar-refractivity contribution in [2.24, 2.45) is 17.8 Å². The molecule has 6 rings (SSSR count). The Balaban J connectivity index is 1.21. The van der Waals surface area contributed by atoms with E-state index >= 15 is 4.39 Å². The Morgan fingerprint density at radius 1 is 1.17 bits per heavy atom. The molecule has 5 aliphatic rings. The Labute approximate surface area is 208 Å². The topological polar surface area (TPSA) is 46.7 Å². The van der Waals surface area contributed by atoms with E-state index in [9.17, 15) is 4.39 Å². The molecule has 0 spiro atoms. The zero-order valence-electron chi connectivity index (χ0n) is 21.3. The molecule has 6 atom stereocenters. The van der Waals surface area contributed by atoms with Crippen LogP contribution in [0.3, 0.4) is 0 Å². The third kappa shape index (κ3) is 4.60. The van der Waals surface area contributed by atoms with Crippen LogP contribution >= 0.6 is 0 Å². The number of likely N-dealkylation sites (N-methyl/N-ethyl adjacent to an activating group) is 1. The van der Waals surface area contributed by atoms with Gasteiger partial charge in [-0.15, -0.1) is 0 Å². The van der Waals surface area contributed by atoms with Crippen molar-refractivity contribution >= 4 is 5.69 Å². The number of alkyl halides is 2. The number of anilines is 1. The first-order chi connectivity index (χ1) is 17.0. The molecule has 3 aliphatic heterocycles. The van der Waals surface area contributed by atoms with Crippen LogP contribution in [0.15, 0.2) is 18.3 Å². The first-order valence-corrected chi connectivity index (χ1v) is 13.9. The summed E-state index contributed by atoms with van der Waals surface area (Å²) in [6.45, 7) is 6.48. The van der Waals surface area contributed by atoms with Gasteiger partial charge in [-0.3, -0.25) is 30.0 Å². The van der Waals surface area contributed by atoms with E-state index in [0.717, 1.165) is 44.0 Å². The fraction of sp³-hybridized carbons (Fsp3) is 0.815. The van der Waals surface area contributed by atoms with Gasteiger partial charge in [0.25, 0.3) is 0 Å². The van der Waals surface area contributed by atoms with Gasteiger partial charge in [0, 0.05) is 51.9 Å². The summed E-state index contributed by atoms with van der Waals surface area (Å²) in [7, 11) is 2.14. The summed E-state index contributed by atoms with van der Waals surface area (Å²) < 4.78 is 27.5. The second kappa shape index (κ2) is 9.51. The minimum absolute atomic E-state index is 0.192. The van der Waals surface area contributed by atoms with Crippen LogP contribution in [0.4, 0.5) is 14.5 Å². The average Bonchev–Trinajstić information content (AvgIpc) is 3.36. The summed E-state index contributed by atoms with van der Waals surface area (Å²) in [6, 6.07) is 6.01. The molecule has 4 heterocycles. The van der Waals surface area contributed by atoms with Gasteiger partial charge in [0.2, 0.25) is 0 Å². The van der Waals surface area contributed by atoms with Gasteiger partial charge in [-0.2, -0.15) is 0 Å². The number of hydrogen-bond donors (Lipinski definition) is 2. The van der Waals surface area contributed by atoms with E-state index in [1.165, 1.54) is 12.8 Å². The Kier molecular flexibility index (Phi) is 6.52. The average molecular weight is 489 g/mol. The summed E-state index contributed by atoms with van der Waals surface area (Å²) in [6.07, 6.45) is 7.57. The number of nitrogens with zero attached hydrogens (tertiary/aromatic N) is 4. The molecule has 0 amide bonds. The predicted molar refractivity (Wildman–Crippen MR) is 135 cm³/mol. The Bertz CT molecular complexity index is 873. The molecule has 0 bridgehead atoms. The van der Waals surface area contributed by atoms with Gasteiger partial charge in [-0.25, -0.2) is 4.39 Å². The number of nitrogens with one attached hydrogen (secondary N) is 2. The molecule has 194 valence electrons. The zero-order valence-corrected chi connectivity index (χ0v) is 21.3. The number of piperidine rings is 1. The maximum Gasteiger partial charge on any atom is 0.123 e. The van der Waals surface area contributed by atoms with E-state index < -0.39 is 5.67 Å². The number of aromatic nitrogens is 1. The maximum absolute atomic E-state index is 15.1. The van der Waals surface area contributed by atoms with E-state index in [0.29, 0.717) is 61.7 Å². The van der Waals surface area contributed by atoms with Crippen molar-refractivity contribution in [3.8, 4) is 0 Å². The van der Waals surface area contributed by atoms with Gasteiger partial charge in [0.15, 0.2) is 0 Å². The minimum Gasteiger partial charge on any atom is -0.368 e. The number of rotatable bonds is 8. The van der Waals surface area contributed by atoms with E-state index in [4.69, 9.17) is 4.98 Å². The lowest BCUT2D eigenvalue weighted by Gasteiger charge is -2.54. The number of likely N-dealkylation sites (tertiary alicyclic amines) is 2. The summed E-state index contributed by atoms with van der Waals surface area (Å²) in [5.74, 6) is 1.84. The van der Waals surface area contributed by atoms with Crippen molar-refractivity contribution in [2.75, 3.05) is 51.3 Å². The van der Waals surface area contributed by atoms with Gasteiger partial charge in [-0.1, -0.05) is 0 Å². The first-order valence-electron chi connectivity index (χ1n) is 13.9. The largest absolute Gasteiger partial charge is 0.368 e. The highest BCUT2D eigenvalue weighted by molar-refractivity contribution is 5.46. The van der Waals surface area contributed by atoms with Crippen molar-refractivity contribution in [2.45, 2.75) is 75.3 Å². The smallest absolute Gasteiger partial charge is 0.123 e. The Morgan fingerprint density at radius 2 is 2.00 bits per heavy atom. The molecular formula is C27H42F2N6. The van der Waals surface area contributed by atoms with Crippen molar-refractivity contribution in [3.63, 3.8) is 0 Å². The molecule has 1 aromatic heterocycles. The van der Waals surface area contributed by atoms with Crippen LogP contribution in [0.25, 0.3) is 0 Å². The summed E-state index contributed by atoms with van der Waals surface area (Å²) in [5, 5.41) is 0. The van der Waals surface area contributed by atoms with Gasteiger partial charge in [-0.05, 0) is 75.3 Å². The van der Waals surface area contributed by atoms with Crippen LogP contribution in [-0.2, 0) is 0 Å². The molecule has 4 unspecified atom stereocenters. The van der Waals surface area contributed by atoms with Crippen molar-refractivity contribution in [1.29, 1.82) is 0 Å². The molecule has 5 fully saturated rings. The van der Waals surface area contributed by atoms with Gasteiger partial charge in [0.1, 0.15) is 5.67 Å². The molecule has 2 aliphatic carbocycles. The van der Waals surface area contributed by atoms with Gasteiger partial charge < -0.3 is 4.90 Å². The Hall–Kier alpha value is -1.35. The second-order valence-corrected chi connectivity index (χ2v) is 12.1. The molecule has 35 heavy (non-hydrogen) atoms. The van der Waals surface area contributed by atoms with E-state index in [-0.39, 0.29) is 12.7 Å². The predicted octanol–water partition coefficient (Wildman–Crippen LogP) is 3.32. The SMILES string of the molecule is C[C@@H]1CC2C3CNNC3CCC2[C@@H](c2ccc(N(C)C3CN(CCCF)C3)cn2)N1CC1(F)CC1. The fourth-order valence-corrected chi connectivity index (χ4v) is 7.50. The van der Waals surface area contributed by atoms with Crippen molar-refractivity contribution in [3.05, 3.63) is 24.0 Å². The molecular weight excluding hydrogens is 446 g/mol. The molecule has 2 saturated carbocycles. The molecule has 3 saturated heterocycles. The number of pyridine rings is 1. The Morgan fingerprint density at radius 3 is 2.71 bits per heavy atom. The molecule has 0 aromatic carbocycles. The van der Waals surface area contributed by atoms with Crippen LogP contribution in [0.2, 0.25) is 0 Å². The van der Waals surface area contributed by atoms with Gasteiger partial charge >= 0.3 is 0 Å². The molecule has 6 nitrogen and oxygen atoms in total. The molecule has 2 N–H and O–H groups in total. The molecule has 8 heteroatoms. The van der Waals surface area contributed by atoms with Crippen LogP contribution in [0.1, 0.15) is 57.2 Å². The van der Waals surface area contributed by atoms with Crippen LogP contribution in [0.5, 0.6) is 0 Å². The standard InChI is InChI=1S/C27H42F2N6/c1-18-12-22-21(5-7-24-23(22)14-31-32-24)26(35(18)17-27(29)8-9-27)25-6-4-19(13-30-25)33(2)20-15-34(16-20)11-3-10-28/h4,6,13,18,20-24,26,31-32H,3,5,7-12,14-17H2,1-2H3/t18-,21?,22?,23?,24?,26+/m1/s1. The zero-order chi connectivity index (χ0) is 24.2. The van der Waals surface area contributed by atoms with Crippen LogP contribution < -0.4 is 15.8 Å². The quantitative estimate of drug-likeness (QED) is 0.586. The third-order valence-corrected chi connectivity index (χ3v) is 9.83. The minimum atomic E-state index is -0.995. The second-order valence-electron chi connectivity index (χ2n) is 12.1. The van der Waals surface area contributed by atoms with Crippen LogP contribution in [0, 0.1) is 17.8 Å². The van der Waals surface area contributed by atoms with Crippen LogP contribution in [-0.4, -0.2) is 85.0 Å². The number of halogens is 2. The van der Waals surface area contributed by atoms with Crippen molar-refractivity contribution in [1.82, 2.24) is 25.6 Å².